The van der Waals surface area contributed by atoms with E-state index >= 15 is 0 Å². The van der Waals surface area contributed by atoms with E-state index in [9.17, 15) is 0 Å². The predicted molar refractivity (Wildman–Crippen MR) is 105 cm³/mol. The van der Waals surface area contributed by atoms with Crippen LogP contribution in [0.15, 0.2) is 35.2 Å². The standard InChI is InChI=1S/C20H22N4OS/c1-19(2,3)18-14-8-12(22-11-16(14)24-26-18)9-20(4,5)17-13-6-7-21-10-15(13)23-25-17/h6-8,10-11H,9H2,1-5H3. The second-order valence-corrected chi connectivity index (χ2v) is 9.19. The maximum Gasteiger partial charge on any atom is 0.150 e. The van der Waals surface area contributed by atoms with Crippen molar-refractivity contribution >= 4 is 33.3 Å². The Balaban J connectivity index is 1.74. The Kier molecular flexibility index (Phi) is 3.84. The summed E-state index contributed by atoms with van der Waals surface area (Å²) in [4.78, 5) is 10.1. The summed E-state index contributed by atoms with van der Waals surface area (Å²) in [7, 11) is 0. The molecule has 0 saturated carbocycles. The van der Waals surface area contributed by atoms with E-state index in [-0.39, 0.29) is 10.8 Å². The van der Waals surface area contributed by atoms with Crippen LogP contribution < -0.4 is 0 Å². The average molecular weight is 366 g/mol. The highest BCUT2D eigenvalue weighted by atomic mass is 32.1. The number of pyridine rings is 2. The largest absolute Gasteiger partial charge is 0.359 e. The number of rotatable bonds is 3. The SMILES string of the molecule is CC(C)(C)c1snc2cnc(CC(C)(C)c3onc4cnccc34)cc12. The van der Waals surface area contributed by atoms with Crippen LogP contribution in [0.1, 0.15) is 51.0 Å². The van der Waals surface area contributed by atoms with Crippen LogP contribution in [0.5, 0.6) is 0 Å². The maximum absolute atomic E-state index is 5.67. The second-order valence-electron chi connectivity index (χ2n) is 8.42. The zero-order chi connectivity index (χ0) is 18.5. The lowest BCUT2D eigenvalue weighted by molar-refractivity contribution is 0.319. The first-order valence-corrected chi connectivity index (χ1v) is 9.48. The molecule has 26 heavy (non-hydrogen) atoms. The van der Waals surface area contributed by atoms with E-state index in [4.69, 9.17) is 4.52 Å². The molecule has 0 aromatic carbocycles. The molecule has 0 radical (unpaired) electrons. The van der Waals surface area contributed by atoms with Crippen molar-refractivity contribution in [1.82, 2.24) is 19.5 Å². The summed E-state index contributed by atoms with van der Waals surface area (Å²) in [5.74, 6) is 0.872. The average Bonchev–Trinajstić information content (AvgIpc) is 3.18. The lowest BCUT2D eigenvalue weighted by atomic mass is 9.83. The second kappa shape index (κ2) is 5.84. The monoisotopic (exact) mass is 366 g/mol. The maximum atomic E-state index is 5.67. The third-order valence-electron chi connectivity index (χ3n) is 4.62. The molecule has 4 aromatic rings. The van der Waals surface area contributed by atoms with E-state index in [2.05, 4.69) is 60.2 Å². The van der Waals surface area contributed by atoms with Gasteiger partial charge in [-0.1, -0.05) is 39.8 Å². The molecule has 6 heteroatoms. The molecule has 0 N–H and O–H groups in total. The Bertz CT molecular complexity index is 1090. The van der Waals surface area contributed by atoms with Crippen LogP contribution in [0, 0.1) is 0 Å². The van der Waals surface area contributed by atoms with Crippen molar-refractivity contribution in [2.45, 2.75) is 51.9 Å². The molecule has 4 rings (SSSR count). The fraction of sp³-hybridized carbons (Fsp3) is 0.400. The molecule has 4 aromatic heterocycles. The summed E-state index contributed by atoms with van der Waals surface area (Å²) in [6, 6.07) is 4.14. The molecule has 0 aliphatic heterocycles. The lowest BCUT2D eigenvalue weighted by Crippen LogP contribution is -2.21. The summed E-state index contributed by atoms with van der Waals surface area (Å²) in [6.07, 6.45) is 6.15. The van der Waals surface area contributed by atoms with Gasteiger partial charge >= 0.3 is 0 Å². The van der Waals surface area contributed by atoms with Gasteiger partial charge < -0.3 is 4.52 Å². The topological polar surface area (TPSA) is 64.7 Å². The molecule has 0 aliphatic carbocycles. The molecule has 5 nitrogen and oxygen atoms in total. The van der Waals surface area contributed by atoms with Crippen molar-refractivity contribution in [3.63, 3.8) is 0 Å². The van der Waals surface area contributed by atoms with Gasteiger partial charge in [-0.25, -0.2) is 0 Å². The Morgan fingerprint density at radius 2 is 1.85 bits per heavy atom. The van der Waals surface area contributed by atoms with Crippen LogP contribution in [0.25, 0.3) is 21.8 Å². The molecule has 134 valence electrons. The third kappa shape index (κ3) is 2.88. The molecule has 4 heterocycles. The van der Waals surface area contributed by atoms with Gasteiger partial charge in [0.1, 0.15) is 11.0 Å². The normalized spacial score (nSPS) is 13.0. The fourth-order valence-electron chi connectivity index (χ4n) is 3.34. The van der Waals surface area contributed by atoms with Crippen LogP contribution in [0.3, 0.4) is 0 Å². The first-order valence-electron chi connectivity index (χ1n) is 8.70. The number of aromatic nitrogens is 4. The van der Waals surface area contributed by atoms with Crippen LogP contribution in [0.2, 0.25) is 0 Å². The minimum atomic E-state index is -0.234. The van der Waals surface area contributed by atoms with Crippen LogP contribution in [-0.4, -0.2) is 19.5 Å². The van der Waals surface area contributed by atoms with Crippen molar-refractivity contribution in [2.24, 2.45) is 0 Å². The van der Waals surface area contributed by atoms with E-state index < -0.39 is 0 Å². The predicted octanol–water partition coefficient (Wildman–Crippen LogP) is 5.05. The van der Waals surface area contributed by atoms with Gasteiger partial charge in [0.2, 0.25) is 0 Å². The first kappa shape index (κ1) is 17.1. The Morgan fingerprint density at radius 3 is 2.62 bits per heavy atom. The molecule has 0 fully saturated rings. The highest BCUT2D eigenvalue weighted by Gasteiger charge is 2.29. The van der Waals surface area contributed by atoms with E-state index in [1.165, 1.54) is 10.3 Å². The number of nitrogens with zero attached hydrogens (tertiary/aromatic N) is 4. The third-order valence-corrected chi connectivity index (χ3v) is 5.92. The molecule has 0 bridgehead atoms. The van der Waals surface area contributed by atoms with Gasteiger partial charge in [0.05, 0.1) is 12.4 Å². The van der Waals surface area contributed by atoms with Gasteiger partial charge in [-0.3, -0.25) is 9.97 Å². The number of fused-ring (bicyclic) bond motifs is 2. The van der Waals surface area contributed by atoms with Gasteiger partial charge in [-0.15, -0.1) is 0 Å². The van der Waals surface area contributed by atoms with Gasteiger partial charge in [0.25, 0.3) is 0 Å². The minimum absolute atomic E-state index is 0.0711. The van der Waals surface area contributed by atoms with Crippen molar-refractivity contribution < 1.29 is 4.52 Å². The summed E-state index contributed by atoms with van der Waals surface area (Å²) in [5, 5.41) is 6.36. The number of hydrogen-bond donors (Lipinski definition) is 0. The van der Waals surface area contributed by atoms with Crippen LogP contribution in [-0.2, 0) is 17.3 Å². The molecule has 0 atom stereocenters. The lowest BCUT2D eigenvalue weighted by Gasteiger charge is -2.21. The van der Waals surface area contributed by atoms with E-state index in [0.717, 1.165) is 34.3 Å². The zero-order valence-electron chi connectivity index (χ0n) is 15.7. The Hall–Kier alpha value is -2.34. The minimum Gasteiger partial charge on any atom is -0.359 e. The van der Waals surface area contributed by atoms with Crippen LogP contribution in [0.4, 0.5) is 0 Å². The fourth-order valence-corrected chi connectivity index (χ4v) is 4.21. The molecule has 0 aliphatic rings. The van der Waals surface area contributed by atoms with E-state index in [0.29, 0.717) is 0 Å². The molecule has 0 saturated heterocycles. The number of hydrogen-bond acceptors (Lipinski definition) is 6. The highest BCUT2D eigenvalue weighted by Crippen LogP contribution is 2.36. The Morgan fingerprint density at radius 1 is 1.04 bits per heavy atom. The van der Waals surface area contributed by atoms with Crippen molar-refractivity contribution in [3.8, 4) is 0 Å². The van der Waals surface area contributed by atoms with Crippen molar-refractivity contribution in [2.75, 3.05) is 0 Å². The van der Waals surface area contributed by atoms with Gasteiger partial charge in [0, 0.05) is 39.4 Å². The van der Waals surface area contributed by atoms with Gasteiger partial charge in [-0.05, 0) is 29.1 Å². The molecular formula is C20H22N4OS. The van der Waals surface area contributed by atoms with Crippen molar-refractivity contribution in [3.05, 3.63) is 47.1 Å². The van der Waals surface area contributed by atoms with Gasteiger partial charge in [-0.2, -0.15) is 4.37 Å². The molecule has 0 unspecified atom stereocenters. The molecular weight excluding hydrogens is 344 g/mol. The van der Waals surface area contributed by atoms with E-state index in [1.807, 2.05) is 12.3 Å². The van der Waals surface area contributed by atoms with E-state index in [1.54, 1.807) is 23.9 Å². The van der Waals surface area contributed by atoms with Gasteiger partial charge in [0.15, 0.2) is 5.76 Å². The summed E-state index contributed by atoms with van der Waals surface area (Å²) in [5.41, 5.74) is 2.63. The molecule has 0 spiro atoms. The molecule has 0 amide bonds. The first-order chi connectivity index (χ1) is 12.3. The quantitative estimate of drug-likeness (QED) is 0.508. The summed E-state index contributed by atoms with van der Waals surface area (Å²) >= 11 is 1.57. The summed E-state index contributed by atoms with van der Waals surface area (Å²) < 4.78 is 10.2. The Labute approximate surface area is 156 Å². The zero-order valence-corrected chi connectivity index (χ0v) is 16.5. The van der Waals surface area contributed by atoms with Crippen molar-refractivity contribution in [1.29, 1.82) is 0 Å². The smallest absolute Gasteiger partial charge is 0.150 e. The highest BCUT2D eigenvalue weighted by molar-refractivity contribution is 7.07. The summed E-state index contributed by atoms with van der Waals surface area (Å²) in [6.45, 7) is 11.0. The van der Waals surface area contributed by atoms with Crippen LogP contribution >= 0.6 is 11.5 Å².